The lowest BCUT2D eigenvalue weighted by Crippen LogP contribution is -2.20. The van der Waals surface area contributed by atoms with Crippen molar-refractivity contribution >= 4 is 45.7 Å². The molecule has 0 spiro atoms. The zero-order chi connectivity index (χ0) is 20.9. The predicted octanol–water partition coefficient (Wildman–Crippen LogP) is 4.81. The Bertz CT molecular complexity index is 1210. The van der Waals surface area contributed by atoms with Gasteiger partial charge in [0.15, 0.2) is 0 Å². The average Bonchev–Trinajstić information content (AvgIpc) is 2.77. The standard InChI is InChI=1S/C22H22N6OS/c1-3-11-28-12-8-15-13-18(26-19-14-23-9-10-24-19)27-21(20(15)22(28)29)25-16-4-6-17(30-2)7-5-16/h4-10,12-14H,3,11H2,1-2H3,(H2,24,25,26,27). The largest absolute Gasteiger partial charge is 0.339 e. The van der Waals surface area contributed by atoms with Crippen LogP contribution in [-0.2, 0) is 6.54 Å². The van der Waals surface area contributed by atoms with Gasteiger partial charge in [-0.1, -0.05) is 6.92 Å². The monoisotopic (exact) mass is 418 g/mol. The van der Waals surface area contributed by atoms with Gasteiger partial charge in [0, 0.05) is 35.7 Å². The van der Waals surface area contributed by atoms with E-state index in [1.54, 1.807) is 34.9 Å². The van der Waals surface area contributed by atoms with Crippen molar-refractivity contribution in [2.24, 2.45) is 0 Å². The molecule has 2 N–H and O–H groups in total. The number of aromatic nitrogens is 4. The van der Waals surface area contributed by atoms with Crippen molar-refractivity contribution in [3.8, 4) is 0 Å². The molecule has 0 amide bonds. The van der Waals surface area contributed by atoms with Gasteiger partial charge < -0.3 is 15.2 Å². The lowest BCUT2D eigenvalue weighted by molar-refractivity contribution is 0.659. The van der Waals surface area contributed by atoms with Crippen LogP contribution in [0.4, 0.5) is 23.1 Å². The van der Waals surface area contributed by atoms with Gasteiger partial charge in [0.1, 0.15) is 17.5 Å². The van der Waals surface area contributed by atoms with E-state index < -0.39 is 0 Å². The molecule has 30 heavy (non-hydrogen) atoms. The highest BCUT2D eigenvalue weighted by Gasteiger charge is 2.13. The summed E-state index contributed by atoms with van der Waals surface area (Å²) in [6.07, 6.45) is 9.59. The van der Waals surface area contributed by atoms with Crippen LogP contribution in [0, 0.1) is 0 Å². The Hall–Kier alpha value is -3.39. The van der Waals surface area contributed by atoms with Crippen LogP contribution in [0.15, 0.2) is 70.9 Å². The fraction of sp³-hybridized carbons (Fsp3) is 0.182. The van der Waals surface area contributed by atoms with Crippen LogP contribution in [0.2, 0.25) is 0 Å². The molecule has 0 saturated heterocycles. The third-order valence-corrected chi connectivity index (χ3v) is 5.34. The molecule has 0 atom stereocenters. The molecule has 0 aliphatic rings. The van der Waals surface area contributed by atoms with Crippen molar-refractivity contribution in [1.82, 2.24) is 19.5 Å². The van der Waals surface area contributed by atoms with Crippen LogP contribution < -0.4 is 16.2 Å². The zero-order valence-electron chi connectivity index (χ0n) is 16.8. The van der Waals surface area contributed by atoms with E-state index in [1.807, 2.05) is 48.9 Å². The van der Waals surface area contributed by atoms with Crippen LogP contribution in [-0.4, -0.2) is 25.8 Å². The molecule has 8 heteroatoms. The first-order valence-electron chi connectivity index (χ1n) is 9.66. The van der Waals surface area contributed by atoms with E-state index in [2.05, 4.69) is 32.5 Å². The van der Waals surface area contributed by atoms with Gasteiger partial charge in [0.2, 0.25) is 0 Å². The second kappa shape index (κ2) is 8.96. The van der Waals surface area contributed by atoms with Crippen molar-refractivity contribution in [3.05, 3.63) is 71.5 Å². The van der Waals surface area contributed by atoms with Crippen molar-refractivity contribution in [3.63, 3.8) is 0 Å². The summed E-state index contributed by atoms with van der Waals surface area (Å²) in [4.78, 5) is 27.3. The Morgan fingerprint density at radius 3 is 2.60 bits per heavy atom. The molecular weight excluding hydrogens is 396 g/mol. The number of fused-ring (bicyclic) bond motifs is 1. The second-order valence-electron chi connectivity index (χ2n) is 6.70. The summed E-state index contributed by atoms with van der Waals surface area (Å²) >= 11 is 1.68. The minimum Gasteiger partial charge on any atom is -0.339 e. The third kappa shape index (κ3) is 4.28. The molecule has 0 bridgehead atoms. The first-order chi connectivity index (χ1) is 14.7. The van der Waals surface area contributed by atoms with E-state index in [0.717, 1.165) is 17.5 Å². The number of aryl methyl sites for hydroxylation is 1. The van der Waals surface area contributed by atoms with E-state index in [1.165, 1.54) is 4.90 Å². The van der Waals surface area contributed by atoms with E-state index in [-0.39, 0.29) is 5.56 Å². The summed E-state index contributed by atoms with van der Waals surface area (Å²) in [5.41, 5.74) is 0.805. The Morgan fingerprint density at radius 1 is 1.07 bits per heavy atom. The minimum atomic E-state index is -0.0591. The molecule has 0 radical (unpaired) electrons. The summed E-state index contributed by atoms with van der Waals surface area (Å²) in [6, 6.07) is 11.8. The van der Waals surface area contributed by atoms with Gasteiger partial charge in [-0.25, -0.2) is 9.97 Å². The molecule has 0 saturated carbocycles. The van der Waals surface area contributed by atoms with Gasteiger partial charge in [-0.3, -0.25) is 9.78 Å². The fourth-order valence-electron chi connectivity index (χ4n) is 3.18. The maximum Gasteiger partial charge on any atom is 0.262 e. The fourth-order valence-corrected chi connectivity index (χ4v) is 3.59. The van der Waals surface area contributed by atoms with Crippen LogP contribution in [0.3, 0.4) is 0 Å². The Labute approximate surface area is 178 Å². The number of pyridine rings is 2. The summed E-state index contributed by atoms with van der Waals surface area (Å²) in [7, 11) is 0. The van der Waals surface area contributed by atoms with Crippen LogP contribution in [0.25, 0.3) is 10.8 Å². The zero-order valence-corrected chi connectivity index (χ0v) is 17.6. The Morgan fingerprint density at radius 2 is 1.90 bits per heavy atom. The van der Waals surface area contributed by atoms with Gasteiger partial charge in [-0.05, 0) is 54.5 Å². The second-order valence-corrected chi connectivity index (χ2v) is 7.58. The summed E-state index contributed by atoms with van der Waals surface area (Å²) in [6.45, 7) is 2.71. The molecule has 7 nitrogen and oxygen atoms in total. The van der Waals surface area contributed by atoms with Gasteiger partial charge in [-0.2, -0.15) is 0 Å². The molecule has 0 aliphatic heterocycles. The molecular formula is C22H22N6OS. The normalized spacial score (nSPS) is 10.9. The van der Waals surface area contributed by atoms with Crippen molar-refractivity contribution in [1.29, 1.82) is 0 Å². The van der Waals surface area contributed by atoms with Gasteiger partial charge in [0.05, 0.1) is 11.6 Å². The highest BCUT2D eigenvalue weighted by Crippen LogP contribution is 2.27. The molecule has 4 aromatic rings. The number of anilines is 4. The van der Waals surface area contributed by atoms with Crippen LogP contribution in [0.1, 0.15) is 13.3 Å². The van der Waals surface area contributed by atoms with E-state index in [4.69, 9.17) is 0 Å². The summed E-state index contributed by atoms with van der Waals surface area (Å²) < 4.78 is 1.72. The Kier molecular flexibility index (Phi) is 5.94. The SMILES string of the molecule is CCCn1ccc2cc(Nc3cnccn3)nc(Nc3ccc(SC)cc3)c2c1=O. The summed E-state index contributed by atoms with van der Waals surface area (Å²) in [5.74, 6) is 1.67. The van der Waals surface area contributed by atoms with E-state index in [9.17, 15) is 4.79 Å². The maximum absolute atomic E-state index is 13.1. The van der Waals surface area contributed by atoms with Crippen LogP contribution in [0.5, 0.6) is 0 Å². The van der Waals surface area contributed by atoms with Gasteiger partial charge >= 0.3 is 0 Å². The lowest BCUT2D eigenvalue weighted by Gasteiger charge is -2.14. The predicted molar refractivity (Wildman–Crippen MR) is 123 cm³/mol. The van der Waals surface area contributed by atoms with E-state index >= 15 is 0 Å². The number of thioether (sulfide) groups is 1. The molecule has 1 aromatic carbocycles. The number of benzene rings is 1. The smallest absolute Gasteiger partial charge is 0.262 e. The molecule has 0 fully saturated rings. The molecule has 3 aromatic heterocycles. The maximum atomic E-state index is 13.1. The van der Waals surface area contributed by atoms with Crippen LogP contribution >= 0.6 is 11.8 Å². The number of hydrogen-bond donors (Lipinski definition) is 2. The van der Waals surface area contributed by atoms with Gasteiger partial charge in [-0.15, -0.1) is 11.8 Å². The molecule has 4 rings (SSSR count). The van der Waals surface area contributed by atoms with Gasteiger partial charge in [0.25, 0.3) is 5.56 Å². The lowest BCUT2D eigenvalue weighted by atomic mass is 10.2. The first kappa shape index (κ1) is 19.9. The van der Waals surface area contributed by atoms with Crippen molar-refractivity contribution < 1.29 is 0 Å². The molecule has 152 valence electrons. The third-order valence-electron chi connectivity index (χ3n) is 4.60. The number of nitrogens with zero attached hydrogens (tertiary/aromatic N) is 4. The van der Waals surface area contributed by atoms with Crippen molar-refractivity contribution in [2.75, 3.05) is 16.9 Å². The number of hydrogen-bond acceptors (Lipinski definition) is 7. The molecule has 3 heterocycles. The molecule has 0 unspecified atom stereocenters. The van der Waals surface area contributed by atoms with E-state index in [0.29, 0.717) is 29.4 Å². The highest BCUT2D eigenvalue weighted by atomic mass is 32.2. The number of nitrogens with one attached hydrogen (secondary N) is 2. The highest BCUT2D eigenvalue weighted by molar-refractivity contribution is 7.98. The first-order valence-corrected chi connectivity index (χ1v) is 10.9. The molecule has 0 aliphatic carbocycles. The Balaban J connectivity index is 1.81. The minimum absolute atomic E-state index is 0.0591. The number of rotatable bonds is 7. The average molecular weight is 419 g/mol. The van der Waals surface area contributed by atoms with Crippen molar-refractivity contribution in [2.45, 2.75) is 24.8 Å². The quantitative estimate of drug-likeness (QED) is 0.417. The topological polar surface area (TPSA) is 84.7 Å². The summed E-state index contributed by atoms with van der Waals surface area (Å²) in [5, 5.41) is 7.85.